The van der Waals surface area contributed by atoms with Crippen LogP contribution in [0.4, 0.5) is 0 Å². The number of fused-ring (bicyclic) bond motifs is 1. The van der Waals surface area contributed by atoms with Gasteiger partial charge in [0, 0.05) is 5.92 Å². The normalized spacial score (nSPS) is 22.0. The van der Waals surface area contributed by atoms with Gasteiger partial charge < -0.3 is 10.2 Å². The molecule has 1 aromatic carbocycles. The van der Waals surface area contributed by atoms with Crippen molar-refractivity contribution in [2.75, 3.05) is 0 Å². The first-order valence-electron chi connectivity index (χ1n) is 6.63. The Balaban J connectivity index is 2.42. The molecule has 18 heavy (non-hydrogen) atoms. The molecule has 2 atom stereocenters. The van der Waals surface area contributed by atoms with Crippen molar-refractivity contribution >= 4 is 5.97 Å². The fourth-order valence-corrected chi connectivity index (χ4v) is 3.06. The van der Waals surface area contributed by atoms with Crippen LogP contribution in [0.5, 0.6) is 0 Å². The number of hydrogen-bond acceptors (Lipinski definition) is 2. The van der Waals surface area contributed by atoms with Crippen LogP contribution < -0.4 is 0 Å². The van der Waals surface area contributed by atoms with Crippen LogP contribution in [0, 0.1) is 0 Å². The summed E-state index contributed by atoms with van der Waals surface area (Å²) in [6, 6.07) is 7.89. The number of aryl methyl sites for hydroxylation is 1. The number of aliphatic hydroxyl groups is 1. The number of carbonyl (C=O) groups is 1. The predicted octanol–water partition coefficient (Wildman–Crippen LogP) is 2.72. The van der Waals surface area contributed by atoms with Gasteiger partial charge in [0.15, 0.2) is 5.60 Å². The molecule has 1 aliphatic rings. The maximum Gasteiger partial charge on any atom is 0.336 e. The first-order valence-corrected chi connectivity index (χ1v) is 6.63. The molecule has 0 spiro atoms. The van der Waals surface area contributed by atoms with Crippen molar-refractivity contribution in [2.45, 2.75) is 50.5 Å². The van der Waals surface area contributed by atoms with Crippen LogP contribution in [0.3, 0.4) is 0 Å². The van der Waals surface area contributed by atoms with E-state index in [4.69, 9.17) is 0 Å². The Bertz CT molecular complexity index is 441. The van der Waals surface area contributed by atoms with E-state index in [0.717, 1.165) is 24.8 Å². The Labute approximate surface area is 107 Å². The Hall–Kier alpha value is -1.35. The molecular formula is C15H20O3. The quantitative estimate of drug-likeness (QED) is 0.861. The van der Waals surface area contributed by atoms with E-state index in [1.165, 1.54) is 5.56 Å². The highest BCUT2D eigenvalue weighted by Gasteiger charge is 2.45. The Morgan fingerprint density at radius 3 is 2.83 bits per heavy atom. The summed E-state index contributed by atoms with van der Waals surface area (Å²) in [5.74, 6) is -1.37. The Morgan fingerprint density at radius 1 is 1.44 bits per heavy atom. The zero-order valence-corrected chi connectivity index (χ0v) is 10.7. The molecule has 2 unspecified atom stereocenters. The molecule has 1 aliphatic carbocycles. The highest BCUT2D eigenvalue weighted by Crippen LogP contribution is 2.41. The Kier molecular flexibility index (Phi) is 3.71. The van der Waals surface area contributed by atoms with Gasteiger partial charge in [-0.25, -0.2) is 4.79 Å². The predicted molar refractivity (Wildman–Crippen MR) is 69.6 cm³/mol. The van der Waals surface area contributed by atoms with Gasteiger partial charge in [0.25, 0.3) is 0 Å². The number of hydrogen-bond donors (Lipinski definition) is 2. The van der Waals surface area contributed by atoms with Gasteiger partial charge >= 0.3 is 5.97 Å². The van der Waals surface area contributed by atoms with Crippen LogP contribution >= 0.6 is 0 Å². The SMILES string of the molecule is CCCC(O)(C(=O)O)C1CCCc2ccccc21. The van der Waals surface area contributed by atoms with Crippen LogP contribution in [0.2, 0.25) is 0 Å². The van der Waals surface area contributed by atoms with E-state index >= 15 is 0 Å². The first-order chi connectivity index (χ1) is 8.59. The van der Waals surface area contributed by atoms with E-state index in [1.807, 2.05) is 31.2 Å². The van der Waals surface area contributed by atoms with Crippen LogP contribution in [0.15, 0.2) is 24.3 Å². The average molecular weight is 248 g/mol. The maximum atomic E-state index is 11.5. The maximum absolute atomic E-state index is 11.5. The number of carboxylic acids is 1. The molecule has 0 saturated heterocycles. The third-order valence-corrected chi connectivity index (χ3v) is 3.95. The summed E-state index contributed by atoms with van der Waals surface area (Å²) in [6.07, 6.45) is 3.65. The summed E-state index contributed by atoms with van der Waals surface area (Å²) >= 11 is 0. The van der Waals surface area contributed by atoms with Crippen molar-refractivity contribution in [1.82, 2.24) is 0 Å². The van der Waals surface area contributed by atoms with Gasteiger partial charge in [-0.05, 0) is 36.8 Å². The fourth-order valence-electron chi connectivity index (χ4n) is 3.06. The third kappa shape index (κ3) is 2.15. The minimum absolute atomic E-state index is 0.278. The van der Waals surface area contributed by atoms with E-state index in [2.05, 4.69) is 0 Å². The molecule has 2 rings (SSSR count). The lowest BCUT2D eigenvalue weighted by Crippen LogP contribution is -2.45. The lowest BCUT2D eigenvalue weighted by atomic mass is 9.71. The van der Waals surface area contributed by atoms with Crippen molar-refractivity contribution in [3.8, 4) is 0 Å². The Morgan fingerprint density at radius 2 is 2.17 bits per heavy atom. The lowest BCUT2D eigenvalue weighted by molar-refractivity contribution is -0.162. The monoisotopic (exact) mass is 248 g/mol. The molecule has 0 radical (unpaired) electrons. The van der Waals surface area contributed by atoms with Gasteiger partial charge in [0.05, 0.1) is 0 Å². The average Bonchev–Trinajstić information content (AvgIpc) is 2.38. The van der Waals surface area contributed by atoms with Crippen molar-refractivity contribution in [2.24, 2.45) is 0 Å². The van der Waals surface area contributed by atoms with Gasteiger partial charge in [0.1, 0.15) is 0 Å². The van der Waals surface area contributed by atoms with E-state index in [9.17, 15) is 15.0 Å². The smallest absolute Gasteiger partial charge is 0.336 e. The summed E-state index contributed by atoms with van der Waals surface area (Å²) < 4.78 is 0. The van der Waals surface area contributed by atoms with Gasteiger partial charge in [0.2, 0.25) is 0 Å². The molecule has 0 saturated carbocycles. The molecule has 0 aromatic heterocycles. The molecule has 98 valence electrons. The molecule has 2 N–H and O–H groups in total. The fraction of sp³-hybridized carbons (Fsp3) is 0.533. The summed E-state index contributed by atoms with van der Waals surface area (Å²) in [4.78, 5) is 11.5. The summed E-state index contributed by atoms with van der Waals surface area (Å²) in [5.41, 5.74) is 0.581. The minimum Gasteiger partial charge on any atom is -0.479 e. The second-order valence-corrected chi connectivity index (χ2v) is 5.12. The summed E-state index contributed by atoms with van der Waals surface area (Å²) in [6.45, 7) is 1.91. The summed E-state index contributed by atoms with van der Waals surface area (Å²) in [5, 5.41) is 20.0. The van der Waals surface area contributed by atoms with E-state index in [1.54, 1.807) is 0 Å². The molecular weight excluding hydrogens is 228 g/mol. The summed E-state index contributed by atoms with van der Waals surface area (Å²) in [7, 11) is 0. The highest BCUT2D eigenvalue weighted by molar-refractivity contribution is 5.79. The molecule has 3 nitrogen and oxygen atoms in total. The van der Waals surface area contributed by atoms with Gasteiger partial charge in [-0.1, -0.05) is 37.6 Å². The molecule has 3 heteroatoms. The van der Waals surface area contributed by atoms with Crippen LogP contribution in [-0.2, 0) is 11.2 Å². The van der Waals surface area contributed by atoms with Crippen LogP contribution in [0.25, 0.3) is 0 Å². The zero-order valence-electron chi connectivity index (χ0n) is 10.7. The van der Waals surface area contributed by atoms with E-state index in [0.29, 0.717) is 12.8 Å². The molecule has 0 aliphatic heterocycles. The second-order valence-electron chi connectivity index (χ2n) is 5.12. The largest absolute Gasteiger partial charge is 0.479 e. The number of aliphatic carboxylic acids is 1. The van der Waals surface area contributed by atoms with E-state index < -0.39 is 11.6 Å². The molecule has 0 amide bonds. The zero-order chi connectivity index (χ0) is 13.2. The highest BCUT2D eigenvalue weighted by atomic mass is 16.4. The van der Waals surface area contributed by atoms with Gasteiger partial charge in [-0.15, -0.1) is 0 Å². The van der Waals surface area contributed by atoms with Crippen LogP contribution in [0.1, 0.15) is 49.7 Å². The van der Waals surface area contributed by atoms with Gasteiger partial charge in [-0.3, -0.25) is 0 Å². The van der Waals surface area contributed by atoms with Crippen molar-refractivity contribution in [1.29, 1.82) is 0 Å². The minimum atomic E-state index is -1.62. The standard InChI is InChI=1S/C15H20O3/c1-2-10-15(18,14(16)17)13-9-5-7-11-6-3-4-8-12(11)13/h3-4,6,8,13,18H,2,5,7,9-10H2,1H3,(H,16,17). The topological polar surface area (TPSA) is 57.5 Å². The lowest BCUT2D eigenvalue weighted by Gasteiger charge is -2.36. The first kappa shape index (κ1) is 13.1. The molecule has 0 heterocycles. The van der Waals surface area contributed by atoms with Crippen molar-refractivity contribution in [3.05, 3.63) is 35.4 Å². The number of benzene rings is 1. The third-order valence-electron chi connectivity index (χ3n) is 3.95. The molecule has 0 bridgehead atoms. The molecule has 1 aromatic rings. The van der Waals surface area contributed by atoms with Crippen LogP contribution in [-0.4, -0.2) is 21.8 Å². The van der Waals surface area contributed by atoms with Gasteiger partial charge in [-0.2, -0.15) is 0 Å². The van der Waals surface area contributed by atoms with Crippen molar-refractivity contribution in [3.63, 3.8) is 0 Å². The number of carboxylic acid groups (broad SMARTS) is 1. The van der Waals surface area contributed by atoms with Crippen molar-refractivity contribution < 1.29 is 15.0 Å². The second kappa shape index (κ2) is 5.11. The van der Waals surface area contributed by atoms with E-state index in [-0.39, 0.29) is 5.92 Å². The number of rotatable bonds is 4. The molecule has 0 fully saturated rings.